The molecular weight excluding hydrogens is 220 g/mol. The fourth-order valence-corrected chi connectivity index (χ4v) is 1.60. The summed E-state index contributed by atoms with van der Waals surface area (Å²) in [5.74, 6) is 0.680. The van der Waals surface area contributed by atoms with Crippen molar-refractivity contribution in [1.29, 1.82) is 0 Å². The molecule has 72 valence electrons. The summed E-state index contributed by atoms with van der Waals surface area (Å²) in [6.45, 7) is 0. The number of nitrogens with zero attached hydrogens (tertiary/aromatic N) is 4. The van der Waals surface area contributed by atoms with E-state index in [0.29, 0.717) is 16.1 Å². The number of rotatable bonds is 2. The molecule has 0 aliphatic carbocycles. The summed E-state index contributed by atoms with van der Waals surface area (Å²) in [7, 11) is 0. The van der Waals surface area contributed by atoms with Gasteiger partial charge in [-0.2, -0.15) is 5.10 Å². The van der Waals surface area contributed by atoms with Gasteiger partial charge in [-0.15, -0.1) is 0 Å². The smallest absolute Gasteiger partial charge is 0.190 e. The van der Waals surface area contributed by atoms with E-state index in [4.69, 9.17) is 11.6 Å². The van der Waals surface area contributed by atoms with Crippen molar-refractivity contribution in [3.05, 3.63) is 29.7 Å². The van der Waals surface area contributed by atoms with Crippen LogP contribution >= 0.6 is 23.4 Å². The van der Waals surface area contributed by atoms with E-state index in [0.717, 1.165) is 0 Å². The van der Waals surface area contributed by atoms with Crippen LogP contribution in [0.5, 0.6) is 0 Å². The molecule has 14 heavy (non-hydrogen) atoms. The highest BCUT2D eigenvalue weighted by atomic mass is 35.5. The summed E-state index contributed by atoms with van der Waals surface area (Å²) >= 11 is 7.29. The molecule has 2 heterocycles. The van der Waals surface area contributed by atoms with E-state index in [2.05, 4.69) is 15.1 Å². The first-order chi connectivity index (χ1) is 6.79. The Labute approximate surface area is 90.3 Å². The fourth-order valence-electron chi connectivity index (χ4n) is 0.998. The van der Waals surface area contributed by atoms with E-state index in [9.17, 15) is 0 Å². The monoisotopic (exact) mass is 226 g/mol. The van der Waals surface area contributed by atoms with Gasteiger partial charge in [0.15, 0.2) is 11.0 Å². The van der Waals surface area contributed by atoms with Gasteiger partial charge in [-0.25, -0.2) is 14.6 Å². The standard InChI is InChI=1S/C8H7ClN4S/c1-14-8-11-6(9)5-7(12-8)13-4-2-3-10-13/h2-5H,1H3. The molecular formula is C8H7ClN4S. The Morgan fingerprint density at radius 3 is 2.93 bits per heavy atom. The van der Waals surface area contributed by atoms with Crippen LogP contribution in [0.25, 0.3) is 5.82 Å². The highest BCUT2D eigenvalue weighted by Gasteiger charge is 2.03. The van der Waals surface area contributed by atoms with Crippen LogP contribution in [0.1, 0.15) is 0 Å². The molecule has 0 saturated heterocycles. The highest BCUT2D eigenvalue weighted by molar-refractivity contribution is 7.98. The molecule has 0 atom stereocenters. The average Bonchev–Trinajstić information content (AvgIpc) is 2.69. The number of halogens is 1. The van der Waals surface area contributed by atoms with Crippen LogP contribution in [-0.4, -0.2) is 26.0 Å². The second-order valence-corrected chi connectivity index (χ2v) is 3.65. The zero-order valence-electron chi connectivity index (χ0n) is 7.38. The summed E-state index contributed by atoms with van der Waals surface area (Å²) < 4.78 is 1.65. The second kappa shape index (κ2) is 3.98. The van der Waals surface area contributed by atoms with Crippen LogP contribution in [0.15, 0.2) is 29.7 Å². The highest BCUT2D eigenvalue weighted by Crippen LogP contribution is 2.15. The van der Waals surface area contributed by atoms with Gasteiger partial charge in [0.1, 0.15) is 5.15 Å². The molecule has 0 bridgehead atoms. The third-order valence-corrected chi connectivity index (χ3v) is 2.32. The minimum absolute atomic E-state index is 0.426. The van der Waals surface area contributed by atoms with E-state index < -0.39 is 0 Å². The molecule has 0 aliphatic heterocycles. The van der Waals surface area contributed by atoms with Crippen molar-refractivity contribution in [3.63, 3.8) is 0 Å². The molecule has 0 aliphatic rings. The number of aromatic nitrogens is 4. The van der Waals surface area contributed by atoms with Crippen molar-refractivity contribution in [2.45, 2.75) is 5.16 Å². The molecule has 0 saturated carbocycles. The minimum Gasteiger partial charge on any atom is -0.222 e. The van der Waals surface area contributed by atoms with E-state index in [-0.39, 0.29) is 0 Å². The first-order valence-electron chi connectivity index (χ1n) is 3.88. The molecule has 0 fully saturated rings. The van der Waals surface area contributed by atoms with Gasteiger partial charge in [0, 0.05) is 18.5 Å². The van der Waals surface area contributed by atoms with E-state index >= 15 is 0 Å². The van der Waals surface area contributed by atoms with Gasteiger partial charge >= 0.3 is 0 Å². The SMILES string of the molecule is CSc1nc(Cl)cc(-n2cccn2)n1. The lowest BCUT2D eigenvalue weighted by atomic mass is 10.6. The lowest BCUT2D eigenvalue weighted by Gasteiger charge is -2.02. The van der Waals surface area contributed by atoms with Gasteiger partial charge in [-0.3, -0.25) is 0 Å². The quantitative estimate of drug-likeness (QED) is 0.447. The first kappa shape index (κ1) is 9.48. The Morgan fingerprint density at radius 1 is 1.43 bits per heavy atom. The van der Waals surface area contributed by atoms with Crippen LogP contribution < -0.4 is 0 Å². The molecule has 0 radical (unpaired) electrons. The second-order valence-electron chi connectivity index (χ2n) is 2.49. The number of hydrogen-bond acceptors (Lipinski definition) is 4. The molecule has 2 aromatic rings. The van der Waals surface area contributed by atoms with Crippen molar-refractivity contribution in [2.75, 3.05) is 6.26 Å². The van der Waals surface area contributed by atoms with Gasteiger partial charge < -0.3 is 0 Å². The molecule has 0 unspecified atom stereocenters. The Kier molecular flexibility index (Phi) is 2.69. The topological polar surface area (TPSA) is 43.6 Å². The predicted octanol–water partition coefficient (Wildman–Crippen LogP) is 2.04. The lowest BCUT2D eigenvalue weighted by Crippen LogP contribution is -2.00. The molecule has 0 spiro atoms. The van der Waals surface area contributed by atoms with Crippen molar-refractivity contribution in [1.82, 2.24) is 19.7 Å². The maximum atomic E-state index is 5.84. The minimum atomic E-state index is 0.426. The van der Waals surface area contributed by atoms with Crippen molar-refractivity contribution in [2.24, 2.45) is 0 Å². The van der Waals surface area contributed by atoms with Gasteiger partial charge in [0.2, 0.25) is 0 Å². The van der Waals surface area contributed by atoms with E-state index in [1.54, 1.807) is 16.9 Å². The summed E-state index contributed by atoms with van der Waals surface area (Å²) in [5, 5.41) is 5.13. The van der Waals surface area contributed by atoms with Crippen molar-refractivity contribution < 1.29 is 0 Å². The third kappa shape index (κ3) is 1.88. The Balaban J connectivity index is 2.48. The molecule has 0 N–H and O–H groups in total. The molecule has 6 heteroatoms. The Hall–Kier alpha value is -1.07. The fraction of sp³-hybridized carbons (Fsp3) is 0.125. The predicted molar refractivity (Wildman–Crippen MR) is 55.9 cm³/mol. The van der Waals surface area contributed by atoms with Crippen LogP contribution in [0.4, 0.5) is 0 Å². The van der Waals surface area contributed by atoms with Crippen LogP contribution in [0.2, 0.25) is 5.15 Å². The summed E-state index contributed by atoms with van der Waals surface area (Å²) in [6.07, 6.45) is 5.40. The van der Waals surface area contributed by atoms with Crippen LogP contribution in [0.3, 0.4) is 0 Å². The molecule has 0 amide bonds. The van der Waals surface area contributed by atoms with Gasteiger partial charge in [-0.05, 0) is 12.3 Å². The Morgan fingerprint density at radius 2 is 2.29 bits per heavy atom. The first-order valence-corrected chi connectivity index (χ1v) is 5.48. The third-order valence-electron chi connectivity index (χ3n) is 1.58. The normalized spacial score (nSPS) is 10.4. The maximum Gasteiger partial charge on any atom is 0.190 e. The Bertz CT molecular complexity index is 429. The van der Waals surface area contributed by atoms with Crippen LogP contribution in [0, 0.1) is 0 Å². The molecule has 4 nitrogen and oxygen atoms in total. The largest absolute Gasteiger partial charge is 0.222 e. The van der Waals surface area contributed by atoms with Crippen molar-refractivity contribution in [3.8, 4) is 5.82 Å². The van der Waals surface area contributed by atoms with Gasteiger partial charge in [-0.1, -0.05) is 23.4 Å². The summed E-state index contributed by atoms with van der Waals surface area (Å²) in [6, 6.07) is 3.50. The molecule has 2 aromatic heterocycles. The molecule has 0 aromatic carbocycles. The summed E-state index contributed by atoms with van der Waals surface area (Å²) in [5.41, 5.74) is 0. The van der Waals surface area contributed by atoms with E-state index in [1.165, 1.54) is 11.8 Å². The van der Waals surface area contributed by atoms with E-state index in [1.807, 2.05) is 18.5 Å². The van der Waals surface area contributed by atoms with Crippen molar-refractivity contribution >= 4 is 23.4 Å². The lowest BCUT2D eigenvalue weighted by molar-refractivity contribution is 0.807. The maximum absolute atomic E-state index is 5.84. The zero-order valence-corrected chi connectivity index (χ0v) is 8.96. The number of thioether (sulfide) groups is 1. The average molecular weight is 227 g/mol. The summed E-state index contributed by atoms with van der Waals surface area (Å²) in [4.78, 5) is 8.30. The van der Waals surface area contributed by atoms with Gasteiger partial charge in [0.05, 0.1) is 0 Å². The zero-order chi connectivity index (χ0) is 9.97. The number of hydrogen-bond donors (Lipinski definition) is 0. The molecule has 2 rings (SSSR count). The van der Waals surface area contributed by atoms with Gasteiger partial charge in [0.25, 0.3) is 0 Å². The van der Waals surface area contributed by atoms with Crippen LogP contribution in [-0.2, 0) is 0 Å².